The molecule has 21 heavy (non-hydrogen) atoms. The van der Waals surface area contributed by atoms with Gasteiger partial charge in [-0.05, 0) is 43.3 Å². The number of nitrogen functional groups attached to an aromatic ring is 1. The van der Waals surface area contributed by atoms with Crippen molar-refractivity contribution in [3.05, 3.63) is 21.9 Å². The largest absolute Gasteiger partial charge is 0.298 e. The van der Waals surface area contributed by atoms with Gasteiger partial charge >= 0.3 is 0 Å². The maximum absolute atomic E-state index is 11.8. The molecular weight excluding hydrogens is 284 g/mol. The molecule has 3 N–H and O–H groups in total. The molecule has 2 aliphatic rings. The third-order valence-corrected chi connectivity index (χ3v) is 5.73. The molecule has 6 heteroatoms. The Labute approximate surface area is 130 Å². The van der Waals surface area contributed by atoms with Gasteiger partial charge in [0.15, 0.2) is 0 Å². The molecule has 1 aromatic rings. The van der Waals surface area contributed by atoms with Gasteiger partial charge in [-0.1, -0.05) is 6.42 Å². The number of fused-ring (bicyclic) bond motifs is 1. The Morgan fingerprint density at radius 2 is 2.33 bits per heavy atom. The highest BCUT2D eigenvalue weighted by molar-refractivity contribution is 7.12. The minimum absolute atomic E-state index is 0.177. The number of thiophene rings is 1. The SMILES string of the molecule is CC1CN2CCCCC2CN1Cc1ccsc1C(=O)NN. The van der Waals surface area contributed by atoms with Gasteiger partial charge in [0.05, 0.1) is 4.88 Å². The van der Waals surface area contributed by atoms with Crippen LogP contribution in [0.15, 0.2) is 11.4 Å². The molecule has 2 saturated heterocycles. The summed E-state index contributed by atoms with van der Waals surface area (Å²) >= 11 is 1.47. The predicted molar refractivity (Wildman–Crippen MR) is 85.1 cm³/mol. The fraction of sp³-hybridized carbons (Fsp3) is 0.667. The van der Waals surface area contributed by atoms with E-state index in [2.05, 4.69) is 28.2 Å². The van der Waals surface area contributed by atoms with Crippen LogP contribution in [-0.2, 0) is 6.54 Å². The summed E-state index contributed by atoms with van der Waals surface area (Å²) in [6.45, 7) is 6.65. The van der Waals surface area contributed by atoms with Crippen LogP contribution in [0, 0.1) is 0 Å². The maximum atomic E-state index is 11.8. The quantitative estimate of drug-likeness (QED) is 0.503. The first-order valence-electron chi connectivity index (χ1n) is 7.74. The van der Waals surface area contributed by atoms with Crippen LogP contribution in [0.3, 0.4) is 0 Å². The Morgan fingerprint density at radius 1 is 1.48 bits per heavy atom. The second kappa shape index (κ2) is 6.44. The lowest BCUT2D eigenvalue weighted by Gasteiger charge is -2.47. The number of piperazine rings is 1. The van der Waals surface area contributed by atoms with Gasteiger partial charge < -0.3 is 0 Å². The Hall–Kier alpha value is -0.950. The third-order valence-electron chi connectivity index (χ3n) is 4.77. The van der Waals surface area contributed by atoms with Crippen molar-refractivity contribution in [2.75, 3.05) is 19.6 Å². The lowest BCUT2D eigenvalue weighted by molar-refractivity contribution is 0.0110. The van der Waals surface area contributed by atoms with E-state index in [0.717, 1.165) is 30.1 Å². The molecule has 3 heterocycles. The number of rotatable bonds is 3. The van der Waals surface area contributed by atoms with Crippen LogP contribution >= 0.6 is 11.3 Å². The Kier molecular flexibility index (Phi) is 4.59. The summed E-state index contributed by atoms with van der Waals surface area (Å²) in [6.07, 6.45) is 4.00. The van der Waals surface area contributed by atoms with Crippen molar-refractivity contribution in [1.82, 2.24) is 15.2 Å². The molecule has 5 nitrogen and oxygen atoms in total. The van der Waals surface area contributed by atoms with Crippen LogP contribution < -0.4 is 11.3 Å². The van der Waals surface area contributed by atoms with E-state index in [9.17, 15) is 4.79 Å². The van der Waals surface area contributed by atoms with E-state index in [0.29, 0.717) is 12.1 Å². The fourth-order valence-electron chi connectivity index (χ4n) is 3.58. The molecule has 3 rings (SSSR count). The molecule has 2 fully saturated rings. The van der Waals surface area contributed by atoms with Gasteiger partial charge in [-0.2, -0.15) is 0 Å². The maximum Gasteiger partial charge on any atom is 0.275 e. The number of piperidine rings is 1. The first-order valence-corrected chi connectivity index (χ1v) is 8.62. The van der Waals surface area contributed by atoms with E-state index in [1.165, 1.54) is 37.1 Å². The van der Waals surface area contributed by atoms with Crippen molar-refractivity contribution < 1.29 is 4.79 Å². The van der Waals surface area contributed by atoms with Gasteiger partial charge in [-0.15, -0.1) is 11.3 Å². The minimum Gasteiger partial charge on any atom is -0.298 e. The number of hydrogen-bond donors (Lipinski definition) is 2. The summed E-state index contributed by atoms with van der Waals surface area (Å²) in [6, 6.07) is 3.28. The van der Waals surface area contributed by atoms with Crippen LogP contribution in [0.2, 0.25) is 0 Å². The summed E-state index contributed by atoms with van der Waals surface area (Å²) in [5, 5.41) is 1.97. The van der Waals surface area contributed by atoms with E-state index in [1.54, 1.807) is 0 Å². The van der Waals surface area contributed by atoms with Gasteiger partial charge in [0.25, 0.3) is 5.91 Å². The number of nitrogens with two attached hydrogens (primary N) is 1. The highest BCUT2D eigenvalue weighted by atomic mass is 32.1. The topological polar surface area (TPSA) is 61.6 Å². The molecule has 0 aromatic carbocycles. The van der Waals surface area contributed by atoms with Crippen molar-refractivity contribution in [3.63, 3.8) is 0 Å². The molecule has 1 amide bonds. The number of hydrogen-bond acceptors (Lipinski definition) is 5. The highest BCUT2D eigenvalue weighted by Gasteiger charge is 2.33. The van der Waals surface area contributed by atoms with Crippen molar-refractivity contribution in [1.29, 1.82) is 0 Å². The average Bonchev–Trinajstić information content (AvgIpc) is 2.95. The molecule has 116 valence electrons. The Balaban J connectivity index is 1.70. The number of carbonyl (C=O) groups excluding carboxylic acids is 1. The van der Waals surface area contributed by atoms with Crippen molar-refractivity contribution in [2.45, 2.75) is 44.8 Å². The third kappa shape index (κ3) is 3.13. The zero-order valence-electron chi connectivity index (χ0n) is 12.5. The van der Waals surface area contributed by atoms with Gasteiger partial charge in [0, 0.05) is 31.7 Å². The second-order valence-corrected chi connectivity index (χ2v) is 7.09. The van der Waals surface area contributed by atoms with Crippen molar-refractivity contribution >= 4 is 17.2 Å². The number of nitrogens with one attached hydrogen (secondary N) is 1. The molecule has 1 aromatic heterocycles. The predicted octanol–water partition coefficient (Wildman–Crippen LogP) is 1.41. The van der Waals surface area contributed by atoms with Crippen LogP contribution in [0.25, 0.3) is 0 Å². The van der Waals surface area contributed by atoms with Crippen LogP contribution in [0.5, 0.6) is 0 Å². The number of nitrogens with zero attached hydrogens (tertiary/aromatic N) is 2. The molecule has 2 unspecified atom stereocenters. The van der Waals surface area contributed by atoms with Crippen LogP contribution in [0.1, 0.15) is 41.4 Å². The van der Waals surface area contributed by atoms with Gasteiger partial charge in [0.1, 0.15) is 0 Å². The molecule has 0 saturated carbocycles. The van der Waals surface area contributed by atoms with E-state index in [-0.39, 0.29) is 5.91 Å². The summed E-state index contributed by atoms with van der Waals surface area (Å²) in [7, 11) is 0. The Morgan fingerprint density at radius 3 is 3.14 bits per heavy atom. The van der Waals surface area contributed by atoms with E-state index in [4.69, 9.17) is 5.84 Å². The second-order valence-electron chi connectivity index (χ2n) is 6.17. The summed E-state index contributed by atoms with van der Waals surface area (Å²) in [5.41, 5.74) is 3.34. The van der Waals surface area contributed by atoms with E-state index in [1.807, 2.05) is 5.38 Å². The molecule has 0 spiro atoms. The molecule has 0 aliphatic carbocycles. The fourth-order valence-corrected chi connectivity index (χ4v) is 4.40. The molecule has 0 radical (unpaired) electrons. The zero-order valence-corrected chi connectivity index (χ0v) is 13.4. The van der Waals surface area contributed by atoms with E-state index >= 15 is 0 Å². The smallest absolute Gasteiger partial charge is 0.275 e. The molecule has 0 bridgehead atoms. The van der Waals surface area contributed by atoms with E-state index < -0.39 is 0 Å². The van der Waals surface area contributed by atoms with Gasteiger partial charge in [0.2, 0.25) is 0 Å². The highest BCUT2D eigenvalue weighted by Crippen LogP contribution is 2.26. The Bertz CT molecular complexity index is 504. The average molecular weight is 308 g/mol. The van der Waals surface area contributed by atoms with Crippen molar-refractivity contribution in [3.8, 4) is 0 Å². The zero-order chi connectivity index (χ0) is 14.8. The van der Waals surface area contributed by atoms with Crippen LogP contribution in [-0.4, -0.2) is 47.4 Å². The lowest BCUT2D eigenvalue weighted by atomic mass is 9.97. The normalized spacial score (nSPS) is 27.3. The number of hydrazine groups is 1. The number of amides is 1. The number of carbonyl (C=O) groups is 1. The summed E-state index contributed by atoms with van der Waals surface area (Å²) in [5.74, 6) is 5.09. The molecular formula is C15H24N4OS. The standard InChI is InChI=1S/C15H24N4OS/c1-11-8-18-6-3-2-4-13(18)10-19(11)9-12-5-7-21-14(12)15(20)17-16/h5,7,11,13H,2-4,6,8-10,16H2,1H3,(H,17,20). The monoisotopic (exact) mass is 308 g/mol. The van der Waals surface area contributed by atoms with Gasteiger partial charge in [-0.25, -0.2) is 5.84 Å². The summed E-state index contributed by atoms with van der Waals surface area (Å²) in [4.78, 5) is 17.7. The first kappa shape index (κ1) is 15.0. The van der Waals surface area contributed by atoms with Gasteiger partial charge in [-0.3, -0.25) is 20.0 Å². The lowest BCUT2D eigenvalue weighted by Crippen LogP contribution is -2.58. The van der Waals surface area contributed by atoms with Crippen molar-refractivity contribution in [2.24, 2.45) is 5.84 Å². The molecule has 2 atom stereocenters. The first-order chi connectivity index (χ1) is 10.2. The van der Waals surface area contributed by atoms with Crippen LogP contribution in [0.4, 0.5) is 0 Å². The summed E-state index contributed by atoms with van der Waals surface area (Å²) < 4.78 is 0. The minimum atomic E-state index is -0.177. The molecule has 2 aliphatic heterocycles.